The summed E-state index contributed by atoms with van der Waals surface area (Å²) in [6.45, 7) is 2.89. The van der Waals surface area contributed by atoms with Gasteiger partial charge >= 0.3 is 0 Å². The summed E-state index contributed by atoms with van der Waals surface area (Å²) in [5.74, 6) is -0.585. The molecule has 218 valence electrons. The summed E-state index contributed by atoms with van der Waals surface area (Å²) in [5.41, 5.74) is 1.32. The Morgan fingerprint density at radius 1 is 0.976 bits per heavy atom. The van der Waals surface area contributed by atoms with Gasteiger partial charge in [0.05, 0.1) is 10.4 Å². The molecule has 9 nitrogen and oxygen atoms in total. The first-order chi connectivity index (χ1) is 19.7. The molecule has 0 saturated carbocycles. The van der Waals surface area contributed by atoms with Crippen molar-refractivity contribution in [3.05, 3.63) is 70.3 Å². The van der Waals surface area contributed by atoms with E-state index in [0.29, 0.717) is 39.5 Å². The third-order valence-corrected chi connectivity index (χ3v) is 10.2. The van der Waals surface area contributed by atoms with Crippen LogP contribution in [0.3, 0.4) is 0 Å². The van der Waals surface area contributed by atoms with Crippen LogP contribution in [0.1, 0.15) is 31.2 Å². The number of amides is 2. The molecule has 1 N–H and O–H groups in total. The second-order valence-corrected chi connectivity index (χ2v) is 13.2. The molecule has 3 aromatic rings. The molecule has 5 rings (SSSR count). The minimum absolute atomic E-state index is 0.00263. The molecule has 1 aromatic heterocycles. The lowest BCUT2D eigenvalue weighted by atomic mass is 10.1. The number of fused-ring (bicyclic) bond motifs is 1. The van der Waals surface area contributed by atoms with E-state index in [9.17, 15) is 18.0 Å². The van der Waals surface area contributed by atoms with Crippen LogP contribution in [0.25, 0.3) is 10.9 Å². The molecule has 3 heterocycles. The van der Waals surface area contributed by atoms with Crippen LogP contribution in [-0.4, -0.2) is 84.6 Å². The van der Waals surface area contributed by atoms with Crippen molar-refractivity contribution in [2.45, 2.75) is 43.2 Å². The number of nitrogens with zero attached hydrogens (tertiary/aromatic N) is 4. The molecule has 41 heavy (non-hydrogen) atoms. The molecule has 2 saturated heterocycles. The van der Waals surface area contributed by atoms with Crippen LogP contribution in [0.4, 0.5) is 0 Å². The van der Waals surface area contributed by atoms with Crippen LogP contribution < -0.4 is 5.32 Å². The molecule has 2 aliphatic heterocycles. The molecule has 0 bridgehead atoms. The molecular weight excluding hydrogens is 585 g/mol. The van der Waals surface area contributed by atoms with E-state index in [2.05, 4.69) is 15.2 Å². The van der Waals surface area contributed by atoms with E-state index < -0.39 is 22.0 Å². The van der Waals surface area contributed by atoms with Crippen molar-refractivity contribution in [1.29, 1.82) is 0 Å². The average Bonchev–Trinajstić information content (AvgIpc) is 2.99. The standard InChI is InChI=1S/C29H33Cl2N5O4S/c30-23-7-6-22(25(31)18-23)19-33-29(38)27-20-35(28(37)10-14-34-12-2-1-3-13-34)15-16-36(27)41(39,40)24-8-9-26-21(17-24)5-4-11-32-26/h4-9,11,17-18,27H,1-3,10,12-16,19-20H2,(H,33,38). The summed E-state index contributed by atoms with van der Waals surface area (Å²) in [4.78, 5) is 35.0. The smallest absolute Gasteiger partial charge is 0.243 e. The number of likely N-dealkylation sites (tertiary alicyclic amines) is 1. The molecule has 1 atom stereocenters. The topological polar surface area (TPSA) is 103 Å². The Morgan fingerprint density at radius 2 is 1.78 bits per heavy atom. The first kappa shape index (κ1) is 29.7. The highest BCUT2D eigenvalue weighted by molar-refractivity contribution is 7.89. The van der Waals surface area contributed by atoms with Gasteiger partial charge in [0, 0.05) is 60.8 Å². The number of benzene rings is 2. The van der Waals surface area contributed by atoms with Gasteiger partial charge < -0.3 is 15.1 Å². The van der Waals surface area contributed by atoms with Crippen LogP contribution in [0.15, 0.2) is 59.6 Å². The van der Waals surface area contributed by atoms with Gasteiger partial charge in [0.2, 0.25) is 21.8 Å². The molecule has 2 aliphatic rings. The monoisotopic (exact) mass is 617 g/mol. The van der Waals surface area contributed by atoms with Crippen LogP contribution in [0, 0.1) is 0 Å². The zero-order valence-electron chi connectivity index (χ0n) is 22.6. The van der Waals surface area contributed by atoms with E-state index in [1.165, 1.54) is 16.8 Å². The van der Waals surface area contributed by atoms with Crippen molar-refractivity contribution in [1.82, 2.24) is 24.4 Å². The van der Waals surface area contributed by atoms with E-state index in [0.717, 1.165) is 25.9 Å². The van der Waals surface area contributed by atoms with Crippen LogP contribution in [-0.2, 0) is 26.2 Å². The van der Waals surface area contributed by atoms with Gasteiger partial charge in [-0.05, 0) is 67.9 Å². The van der Waals surface area contributed by atoms with E-state index in [1.54, 1.807) is 53.6 Å². The van der Waals surface area contributed by atoms with Gasteiger partial charge in [0.15, 0.2) is 0 Å². The van der Waals surface area contributed by atoms with Crippen molar-refractivity contribution in [3.63, 3.8) is 0 Å². The van der Waals surface area contributed by atoms with E-state index in [1.807, 2.05) is 0 Å². The number of hydrogen-bond acceptors (Lipinski definition) is 6. The van der Waals surface area contributed by atoms with Crippen LogP contribution in [0.5, 0.6) is 0 Å². The molecule has 12 heteroatoms. The quantitative estimate of drug-likeness (QED) is 0.411. The number of aromatic nitrogens is 1. The number of nitrogens with one attached hydrogen (secondary N) is 1. The summed E-state index contributed by atoms with van der Waals surface area (Å²) >= 11 is 12.3. The Kier molecular flexibility index (Phi) is 9.45. The Morgan fingerprint density at radius 3 is 2.56 bits per heavy atom. The van der Waals surface area contributed by atoms with Crippen LogP contribution in [0.2, 0.25) is 10.0 Å². The fourth-order valence-corrected chi connectivity index (χ4v) is 7.49. The number of carbonyl (C=O) groups is 2. The Bertz CT molecular complexity index is 1530. The van der Waals surface area contributed by atoms with Crippen molar-refractivity contribution in [2.75, 3.05) is 39.3 Å². The first-order valence-electron chi connectivity index (χ1n) is 13.8. The van der Waals surface area contributed by atoms with Gasteiger partial charge in [0.1, 0.15) is 6.04 Å². The van der Waals surface area contributed by atoms with Crippen LogP contribution >= 0.6 is 23.2 Å². The zero-order chi connectivity index (χ0) is 29.0. The van der Waals surface area contributed by atoms with Crippen molar-refractivity contribution in [3.8, 4) is 0 Å². The van der Waals surface area contributed by atoms with Gasteiger partial charge in [-0.15, -0.1) is 0 Å². The summed E-state index contributed by atoms with van der Waals surface area (Å²) < 4.78 is 29.0. The SMILES string of the molecule is O=C(NCc1ccc(Cl)cc1Cl)C1CN(C(=O)CCN2CCCCC2)CCN1S(=O)(=O)c1ccc2ncccc2c1. The summed E-state index contributed by atoms with van der Waals surface area (Å²) in [6.07, 6.45) is 5.46. The lowest BCUT2D eigenvalue weighted by Gasteiger charge is -2.40. The maximum Gasteiger partial charge on any atom is 0.243 e. The highest BCUT2D eigenvalue weighted by Crippen LogP contribution is 2.26. The van der Waals surface area contributed by atoms with Gasteiger partial charge in [0.25, 0.3) is 0 Å². The zero-order valence-corrected chi connectivity index (χ0v) is 25.0. The highest BCUT2D eigenvalue weighted by atomic mass is 35.5. The number of sulfonamides is 1. The van der Waals surface area contributed by atoms with E-state index in [4.69, 9.17) is 23.2 Å². The maximum absolute atomic E-state index is 13.9. The minimum Gasteiger partial charge on any atom is -0.351 e. The second kappa shape index (κ2) is 13.0. The molecular formula is C29H33Cl2N5O4S. The van der Waals surface area contributed by atoms with E-state index in [-0.39, 0.29) is 37.0 Å². The minimum atomic E-state index is -4.07. The van der Waals surface area contributed by atoms with Gasteiger partial charge in [-0.25, -0.2) is 8.42 Å². The number of carbonyl (C=O) groups excluding carboxylic acids is 2. The molecule has 0 aliphatic carbocycles. The van der Waals surface area contributed by atoms with Crippen molar-refractivity contribution < 1.29 is 18.0 Å². The predicted molar refractivity (Wildman–Crippen MR) is 159 cm³/mol. The fourth-order valence-electron chi connectivity index (χ4n) is 5.40. The Hall–Kier alpha value is -2.76. The van der Waals surface area contributed by atoms with Crippen molar-refractivity contribution in [2.24, 2.45) is 0 Å². The number of halogens is 2. The van der Waals surface area contributed by atoms with Gasteiger partial charge in [-0.1, -0.05) is 41.8 Å². The average molecular weight is 619 g/mol. The Balaban J connectivity index is 1.36. The number of pyridine rings is 1. The molecule has 2 aromatic carbocycles. The lowest BCUT2D eigenvalue weighted by Crippen LogP contribution is -2.61. The maximum atomic E-state index is 13.9. The lowest BCUT2D eigenvalue weighted by molar-refractivity contribution is -0.136. The third-order valence-electron chi connectivity index (χ3n) is 7.73. The van der Waals surface area contributed by atoms with E-state index >= 15 is 0 Å². The van der Waals surface area contributed by atoms with Gasteiger partial charge in [-0.3, -0.25) is 14.6 Å². The number of hydrogen-bond donors (Lipinski definition) is 1. The third kappa shape index (κ3) is 7.01. The molecule has 0 radical (unpaired) electrons. The number of piperidine rings is 1. The highest BCUT2D eigenvalue weighted by Gasteiger charge is 2.41. The molecule has 2 fully saturated rings. The summed E-state index contributed by atoms with van der Waals surface area (Å²) in [5, 5.41) is 4.37. The molecule has 0 spiro atoms. The number of rotatable bonds is 8. The molecule has 2 amide bonds. The second-order valence-electron chi connectivity index (χ2n) is 10.4. The molecule has 1 unspecified atom stereocenters. The van der Waals surface area contributed by atoms with Crippen molar-refractivity contribution >= 4 is 55.9 Å². The first-order valence-corrected chi connectivity index (χ1v) is 16.0. The summed E-state index contributed by atoms with van der Waals surface area (Å²) in [7, 11) is -4.07. The normalized spacial score (nSPS) is 18.9. The summed E-state index contributed by atoms with van der Waals surface area (Å²) in [6, 6.07) is 12.1. The predicted octanol–water partition coefficient (Wildman–Crippen LogP) is 3.94. The number of piperazine rings is 1. The van der Waals surface area contributed by atoms with Gasteiger partial charge in [-0.2, -0.15) is 4.31 Å². The Labute approximate surface area is 250 Å². The largest absolute Gasteiger partial charge is 0.351 e. The fraction of sp³-hybridized carbons (Fsp3) is 0.414.